The number of aromatic nitrogens is 2. The second-order valence-corrected chi connectivity index (χ2v) is 9.30. The highest BCUT2D eigenvalue weighted by molar-refractivity contribution is 6.33. The Kier molecular flexibility index (Phi) is 6.29. The van der Waals surface area contributed by atoms with E-state index >= 15 is 0 Å². The molecule has 4 aromatic rings. The van der Waals surface area contributed by atoms with Crippen LogP contribution < -0.4 is 9.64 Å². The number of halogens is 1. The summed E-state index contributed by atoms with van der Waals surface area (Å²) in [6.45, 7) is 6.12. The highest BCUT2D eigenvalue weighted by Crippen LogP contribution is 2.36. The predicted octanol–water partition coefficient (Wildman–Crippen LogP) is 6.30. The van der Waals surface area contributed by atoms with Gasteiger partial charge < -0.3 is 14.2 Å². The van der Waals surface area contributed by atoms with E-state index in [0.29, 0.717) is 24.6 Å². The van der Waals surface area contributed by atoms with Gasteiger partial charge in [-0.25, -0.2) is 4.98 Å². The number of anilines is 1. The number of nitrogens with zero attached hydrogens (tertiary/aromatic N) is 3. The van der Waals surface area contributed by atoms with Crippen molar-refractivity contribution < 1.29 is 9.53 Å². The van der Waals surface area contributed by atoms with Gasteiger partial charge in [-0.15, -0.1) is 0 Å². The molecule has 0 spiro atoms. The van der Waals surface area contributed by atoms with Crippen LogP contribution in [0.5, 0.6) is 5.75 Å². The predicted molar refractivity (Wildman–Crippen MR) is 137 cm³/mol. The molecule has 0 aliphatic carbocycles. The van der Waals surface area contributed by atoms with E-state index in [4.69, 9.17) is 21.3 Å². The van der Waals surface area contributed by atoms with Gasteiger partial charge in [-0.3, -0.25) is 4.79 Å². The van der Waals surface area contributed by atoms with E-state index < -0.39 is 0 Å². The van der Waals surface area contributed by atoms with E-state index in [9.17, 15) is 4.79 Å². The Morgan fingerprint density at radius 2 is 1.74 bits per heavy atom. The SMILES string of the molecule is Cc1cccc(C)c1OCCCn1c([C@H]2CC(=O)N(c3ccccc3Cl)C2)nc2ccccc21. The molecule has 0 N–H and O–H groups in total. The second kappa shape index (κ2) is 9.51. The summed E-state index contributed by atoms with van der Waals surface area (Å²) in [5.74, 6) is 2.01. The monoisotopic (exact) mass is 473 g/mol. The van der Waals surface area contributed by atoms with Crippen LogP contribution in [0.1, 0.15) is 35.7 Å². The first kappa shape index (κ1) is 22.5. The fraction of sp³-hybridized carbons (Fsp3) is 0.286. The van der Waals surface area contributed by atoms with Crippen LogP contribution in [0.25, 0.3) is 11.0 Å². The number of rotatable bonds is 7. The molecule has 6 heteroatoms. The number of hydrogen-bond acceptors (Lipinski definition) is 3. The lowest BCUT2D eigenvalue weighted by atomic mass is 10.1. The molecule has 1 fully saturated rings. The third-order valence-electron chi connectivity index (χ3n) is 6.50. The number of para-hydroxylation sites is 4. The minimum Gasteiger partial charge on any atom is -0.493 e. The summed E-state index contributed by atoms with van der Waals surface area (Å²) in [6, 6.07) is 21.9. The van der Waals surface area contributed by atoms with Gasteiger partial charge in [-0.05, 0) is 55.7 Å². The number of imidazole rings is 1. The van der Waals surface area contributed by atoms with Crippen molar-refractivity contribution >= 4 is 34.2 Å². The lowest BCUT2D eigenvalue weighted by molar-refractivity contribution is -0.117. The quantitative estimate of drug-likeness (QED) is 0.296. The lowest BCUT2D eigenvalue weighted by Crippen LogP contribution is -2.24. The average Bonchev–Trinajstić information content (AvgIpc) is 3.39. The normalized spacial score (nSPS) is 15.9. The van der Waals surface area contributed by atoms with E-state index in [-0.39, 0.29) is 11.8 Å². The number of carbonyl (C=O) groups excluding carboxylic acids is 1. The maximum absolute atomic E-state index is 12.9. The van der Waals surface area contributed by atoms with Crippen LogP contribution >= 0.6 is 11.6 Å². The minimum atomic E-state index is 0.00991. The topological polar surface area (TPSA) is 47.4 Å². The molecule has 0 saturated carbocycles. The van der Waals surface area contributed by atoms with Gasteiger partial charge in [0.1, 0.15) is 11.6 Å². The first-order valence-electron chi connectivity index (χ1n) is 11.7. The van der Waals surface area contributed by atoms with Crippen LogP contribution in [0, 0.1) is 13.8 Å². The number of ether oxygens (including phenoxy) is 1. The molecule has 1 aliphatic rings. The Morgan fingerprint density at radius 3 is 2.53 bits per heavy atom. The first-order chi connectivity index (χ1) is 16.5. The molecule has 1 amide bonds. The number of carbonyl (C=O) groups is 1. The van der Waals surface area contributed by atoms with Gasteiger partial charge in [0, 0.05) is 25.4 Å². The number of fused-ring (bicyclic) bond motifs is 1. The second-order valence-electron chi connectivity index (χ2n) is 8.89. The van der Waals surface area contributed by atoms with E-state index in [1.54, 1.807) is 4.90 Å². The fourth-order valence-electron chi connectivity index (χ4n) is 4.85. The summed E-state index contributed by atoms with van der Waals surface area (Å²) in [7, 11) is 0. The first-order valence-corrected chi connectivity index (χ1v) is 12.1. The van der Waals surface area contributed by atoms with Gasteiger partial charge in [0.15, 0.2) is 0 Å². The van der Waals surface area contributed by atoms with Crippen LogP contribution in [0.15, 0.2) is 66.7 Å². The fourth-order valence-corrected chi connectivity index (χ4v) is 5.09. The van der Waals surface area contributed by atoms with Crippen molar-refractivity contribution in [2.45, 2.75) is 39.2 Å². The molecule has 2 heterocycles. The van der Waals surface area contributed by atoms with Gasteiger partial charge in [0.05, 0.1) is 28.4 Å². The smallest absolute Gasteiger partial charge is 0.227 e. The maximum atomic E-state index is 12.9. The number of amides is 1. The molecule has 0 unspecified atom stereocenters. The molecule has 1 atom stereocenters. The molecule has 1 aliphatic heterocycles. The van der Waals surface area contributed by atoms with E-state index in [0.717, 1.165) is 52.4 Å². The third kappa shape index (κ3) is 4.28. The van der Waals surface area contributed by atoms with Gasteiger partial charge in [-0.2, -0.15) is 0 Å². The summed E-state index contributed by atoms with van der Waals surface area (Å²) >= 11 is 6.39. The third-order valence-corrected chi connectivity index (χ3v) is 6.82. The van der Waals surface area contributed by atoms with Crippen molar-refractivity contribution in [3.63, 3.8) is 0 Å². The van der Waals surface area contributed by atoms with Crippen molar-refractivity contribution in [1.29, 1.82) is 0 Å². The molecular weight excluding hydrogens is 446 g/mol. The summed E-state index contributed by atoms with van der Waals surface area (Å²) in [4.78, 5) is 19.7. The summed E-state index contributed by atoms with van der Waals surface area (Å²) in [5, 5.41) is 0.591. The summed E-state index contributed by atoms with van der Waals surface area (Å²) < 4.78 is 8.40. The highest BCUT2D eigenvalue weighted by Gasteiger charge is 2.35. The number of benzene rings is 3. The molecule has 1 saturated heterocycles. The number of hydrogen-bond donors (Lipinski definition) is 0. The Bertz CT molecular complexity index is 1330. The van der Waals surface area contributed by atoms with Crippen LogP contribution in [-0.2, 0) is 11.3 Å². The van der Waals surface area contributed by atoms with Crippen molar-refractivity contribution in [1.82, 2.24) is 9.55 Å². The largest absolute Gasteiger partial charge is 0.493 e. The van der Waals surface area contributed by atoms with E-state index in [1.807, 2.05) is 42.5 Å². The molecule has 5 nitrogen and oxygen atoms in total. The molecule has 0 bridgehead atoms. The maximum Gasteiger partial charge on any atom is 0.227 e. The van der Waals surface area contributed by atoms with Crippen LogP contribution in [0.3, 0.4) is 0 Å². The number of aryl methyl sites for hydroxylation is 3. The van der Waals surface area contributed by atoms with Crippen LogP contribution in [0.4, 0.5) is 5.69 Å². The standard InChI is InChI=1S/C28H28ClN3O2/c1-19-9-7-10-20(2)27(19)34-16-8-15-31-25-14-6-4-12-23(25)30-28(31)21-17-26(33)32(18-21)24-13-5-3-11-22(24)29/h3-7,9-14,21H,8,15-18H2,1-2H3/t21-/m0/s1. The molecule has 1 aromatic heterocycles. The van der Waals surface area contributed by atoms with Gasteiger partial charge in [0.2, 0.25) is 5.91 Å². The average molecular weight is 474 g/mol. The molecule has 3 aromatic carbocycles. The van der Waals surface area contributed by atoms with Gasteiger partial charge in [-0.1, -0.05) is 54.1 Å². The zero-order chi connectivity index (χ0) is 23.7. The van der Waals surface area contributed by atoms with Crippen LogP contribution in [0.2, 0.25) is 5.02 Å². The van der Waals surface area contributed by atoms with Crippen molar-refractivity contribution in [2.75, 3.05) is 18.1 Å². The zero-order valence-electron chi connectivity index (χ0n) is 19.5. The highest BCUT2D eigenvalue weighted by atomic mass is 35.5. The Hall–Kier alpha value is -3.31. The van der Waals surface area contributed by atoms with Gasteiger partial charge >= 0.3 is 0 Å². The summed E-state index contributed by atoms with van der Waals surface area (Å²) in [6.07, 6.45) is 1.27. The van der Waals surface area contributed by atoms with Crippen molar-refractivity contribution in [2.24, 2.45) is 0 Å². The van der Waals surface area contributed by atoms with E-state index in [1.165, 1.54) is 0 Å². The minimum absolute atomic E-state index is 0.00991. The Labute approximate surface area is 204 Å². The molecule has 34 heavy (non-hydrogen) atoms. The van der Waals surface area contributed by atoms with Crippen molar-refractivity contribution in [3.05, 3.63) is 88.7 Å². The van der Waals surface area contributed by atoms with Crippen molar-refractivity contribution in [3.8, 4) is 5.75 Å². The Balaban J connectivity index is 1.36. The molecular formula is C28H28ClN3O2. The van der Waals surface area contributed by atoms with E-state index in [2.05, 4.69) is 42.7 Å². The Morgan fingerprint density at radius 1 is 1.00 bits per heavy atom. The zero-order valence-corrected chi connectivity index (χ0v) is 20.3. The molecule has 0 radical (unpaired) electrons. The lowest BCUT2D eigenvalue weighted by Gasteiger charge is -2.18. The molecule has 174 valence electrons. The van der Waals surface area contributed by atoms with Gasteiger partial charge in [0.25, 0.3) is 0 Å². The van der Waals surface area contributed by atoms with Crippen LogP contribution in [-0.4, -0.2) is 28.6 Å². The summed E-state index contributed by atoms with van der Waals surface area (Å²) in [5.41, 5.74) is 5.11. The molecule has 5 rings (SSSR count).